The monoisotopic (exact) mass is 330 g/mol. The number of anilines is 1. The molecule has 3 rings (SSSR count). The molecule has 1 aromatic rings. The van der Waals surface area contributed by atoms with Crippen LogP contribution < -0.4 is 16.0 Å². The van der Waals surface area contributed by atoms with Crippen molar-refractivity contribution in [3.8, 4) is 0 Å². The van der Waals surface area contributed by atoms with Crippen LogP contribution in [0.4, 0.5) is 5.69 Å². The number of hydrogen-bond donors (Lipinski definition) is 3. The van der Waals surface area contributed by atoms with E-state index in [4.69, 9.17) is 0 Å². The fraction of sp³-hybridized carbons (Fsp3) is 0.588. The van der Waals surface area contributed by atoms with E-state index in [0.29, 0.717) is 23.6 Å². The summed E-state index contributed by atoms with van der Waals surface area (Å²) >= 11 is 0. The van der Waals surface area contributed by atoms with Crippen LogP contribution in [0.3, 0.4) is 0 Å². The van der Waals surface area contributed by atoms with Crippen LogP contribution in [0.1, 0.15) is 19.8 Å². The number of guanidine groups is 1. The maximum absolute atomic E-state index is 12.0. The molecule has 0 aromatic carbocycles. The molecule has 2 unspecified atom stereocenters. The highest BCUT2D eigenvalue weighted by molar-refractivity contribution is 5.94. The Morgan fingerprint density at radius 1 is 1.42 bits per heavy atom. The first-order chi connectivity index (χ1) is 11.7. The molecule has 2 fully saturated rings. The molecule has 1 aliphatic heterocycles. The van der Waals surface area contributed by atoms with E-state index in [9.17, 15) is 4.79 Å². The van der Waals surface area contributed by atoms with E-state index in [2.05, 4.69) is 37.8 Å². The third-order valence-corrected chi connectivity index (χ3v) is 4.61. The summed E-state index contributed by atoms with van der Waals surface area (Å²) in [5.41, 5.74) is 0.691. The van der Waals surface area contributed by atoms with Gasteiger partial charge >= 0.3 is 0 Å². The molecule has 3 N–H and O–H groups in total. The molecular formula is C17H26N6O. The minimum atomic E-state index is -0.120. The number of pyridine rings is 1. The quantitative estimate of drug-likeness (QED) is 0.546. The molecule has 2 atom stereocenters. The Labute approximate surface area is 142 Å². The zero-order valence-electron chi connectivity index (χ0n) is 14.3. The maximum Gasteiger partial charge on any atom is 0.243 e. The molecule has 0 bridgehead atoms. The highest BCUT2D eigenvalue weighted by atomic mass is 16.1. The first-order valence-electron chi connectivity index (χ1n) is 8.57. The second kappa shape index (κ2) is 7.61. The van der Waals surface area contributed by atoms with Gasteiger partial charge in [-0.25, -0.2) is 0 Å². The molecule has 1 amide bonds. The van der Waals surface area contributed by atoms with Crippen LogP contribution in [0.5, 0.6) is 0 Å². The molecule has 2 heterocycles. The lowest BCUT2D eigenvalue weighted by atomic mass is 10.1. The highest BCUT2D eigenvalue weighted by Crippen LogP contribution is 2.31. The summed E-state index contributed by atoms with van der Waals surface area (Å²) in [7, 11) is 1.73. The van der Waals surface area contributed by atoms with Crippen LogP contribution in [0.2, 0.25) is 0 Å². The largest absolute Gasteiger partial charge is 0.352 e. The Balaban J connectivity index is 1.44. The van der Waals surface area contributed by atoms with Crippen molar-refractivity contribution in [1.29, 1.82) is 0 Å². The van der Waals surface area contributed by atoms with Gasteiger partial charge in [-0.2, -0.15) is 0 Å². The summed E-state index contributed by atoms with van der Waals surface area (Å²) in [5, 5.41) is 9.34. The van der Waals surface area contributed by atoms with Gasteiger partial charge in [-0.15, -0.1) is 0 Å². The van der Waals surface area contributed by atoms with Crippen LogP contribution in [0.15, 0.2) is 29.5 Å². The Hall–Kier alpha value is -2.15. The number of carbonyl (C=O) groups excluding carboxylic acids is 1. The van der Waals surface area contributed by atoms with E-state index in [1.54, 1.807) is 25.5 Å². The molecule has 2 aliphatic rings. The van der Waals surface area contributed by atoms with E-state index in [1.807, 2.05) is 6.07 Å². The van der Waals surface area contributed by atoms with Crippen LogP contribution in [-0.2, 0) is 4.79 Å². The predicted octanol–water partition coefficient (Wildman–Crippen LogP) is 0.668. The minimum Gasteiger partial charge on any atom is -0.352 e. The van der Waals surface area contributed by atoms with Gasteiger partial charge in [0.1, 0.15) is 0 Å². The minimum absolute atomic E-state index is 0.120. The van der Waals surface area contributed by atoms with E-state index in [1.165, 1.54) is 12.8 Å². The summed E-state index contributed by atoms with van der Waals surface area (Å²) in [6.07, 6.45) is 5.97. The van der Waals surface area contributed by atoms with Gasteiger partial charge in [0.15, 0.2) is 5.96 Å². The van der Waals surface area contributed by atoms with E-state index in [-0.39, 0.29) is 12.5 Å². The van der Waals surface area contributed by atoms with Crippen LogP contribution in [-0.4, -0.2) is 60.5 Å². The molecule has 1 saturated heterocycles. The zero-order chi connectivity index (χ0) is 16.9. The van der Waals surface area contributed by atoms with Gasteiger partial charge in [0.25, 0.3) is 0 Å². The molecule has 1 saturated carbocycles. The van der Waals surface area contributed by atoms with Gasteiger partial charge in [-0.3, -0.25) is 19.7 Å². The lowest BCUT2D eigenvalue weighted by Gasteiger charge is -2.20. The SMILES string of the molecule is CN=C(NCC(=O)Nc1cccnc1)NC1CN(C2CC2)CC1C. The molecule has 1 aromatic heterocycles. The number of aliphatic imine (C=N–C) groups is 1. The molecular weight excluding hydrogens is 304 g/mol. The van der Waals surface area contributed by atoms with Crippen molar-refractivity contribution in [3.63, 3.8) is 0 Å². The molecule has 0 spiro atoms. The molecule has 24 heavy (non-hydrogen) atoms. The summed E-state index contributed by atoms with van der Waals surface area (Å²) in [5.74, 6) is 1.13. The topological polar surface area (TPSA) is 81.6 Å². The van der Waals surface area contributed by atoms with Crippen molar-refractivity contribution in [2.24, 2.45) is 10.9 Å². The Morgan fingerprint density at radius 3 is 2.92 bits per heavy atom. The number of aromatic nitrogens is 1. The number of hydrogen-bond acceptors (Lipinski definition) is 4. The highest BCUT2D eigenvalue weighted by Gasteiger charge is 2.38. The van der Waals surface area contributed by atoms with E-state index >= 15 is 0 Å². The van der Waals surface area contributed by atoms with Crippen LogP contribution >= 0.6 is 0 Å². The number of carbonyl (C=O) groups is 1. The van der Waals surface area contributed by atoms with Crippen molar-refractivity contribution in [2.45, 2.75) is 31.8 Å². The Bertz CT molecular complexity index is 586. The summed E-state index contributed by atoms with van der Waals surface area (Å²) in [6.45, 7) is 4.62. The lowest BCUT2D eigenvalue weighted by Crippen LogP contribution is -2.48. The Morgan fingerprint density at radius 2 is 2.25 bits per heavy atom. The normalized spacial score (nSPS) is 24.7. The van der Waals surface area contributed by atoms with Crippen LogP contribution in [0.25, 0.3) is 0 Å². The fourth-order valence-electron chi connectivity index (χ4n) is 3.11. The van der Waals surface area contributed by atoms with E-state index in [0.717, 1.165) is 19.1 Å². The Kier molecular flexibility index (Phi) is 5.30. The standard InChI is InChI=1S/C17H26N6O/c1-12-10-23(14-5-6-14)11-15(12)22-17(18-2)20-9-16(24)21-13-4-3-7-19-8-13/h3-4,7-8,12,14-15H,5-6,9-11H2,1-2H3,(H,21,24)(H2,18,20,22). The predicted molar refractivity (Wildman–Crippen MR) is 94.9 cm³/mol. The third kappa shape index (κ3) is 4.44. The molecule has 7 heteroatoms. The number of nitrogens with one attached hydrogen (secondary N) is 3. The first-order valence-corrected chi connectivity index (χ1v) is 8.57. The van der Waals surface area contributed by atoms with Crippen molar-refractivity contribution in [3.05, 3.63) is 24.5 Å². The van der Waals surface area contributed by atoms with Crippen molar-refractivity contribution in [2.75, 3.05) is 32.0 Å². The second-order valence-corrected chi connectivity index (χ2v) is 6.63. The van der Waals surface area contributed by atoms with Gasteiger partial charge in [-0.1, -0.05) is 6.92 Å². The lowest BCUT2D eigenvalue weighted by molar-refractivity contribution is -0.115. The summed E-state index contributed by atoms with van der Waals surface area (Å²) in [6, 6.07) is 4.76. The number of amides is 1. The fourth-order valence-corrected chi connectivity index (χ4v) is 3.11. The summed E-state index contributed by atoms with van der Waals surface area (Å²) in [4.78, 5) is 22.8. The molecule has 7 nitrogen and oxygen atoms in total. The zero-order valence-corrected chi connectivity index (χ0v) is 14.3. The smallest absolute Gasteiger partial charge is 0.243 e. The first kappa shape index (κ1) is 16.7. The number of nitrogens with zero attached hydrogens (tertiary/aromatic N) is 3. The van der Waals surface area contributed by atoms with Crippen molar-refractivity contribution in [1.82, 2.24) is 20.5 Å². The number of rotatable bonds is 5. The van der Waals surface area contributed by atoms with Gasteiger partial charge in [-0.05, 0) is 30.9 Å². The number of likely N-dealkylation sites (tertiary alicyclic amines) is 1. The van der Waals surface area contributed by atoms with Gasteiger partial charge in [0, 0.05) is 38.4 Å². The average molecular weight is 330 g/mol. The second-order valence-electron chi connectivity index (χ2n) is 6.63. The van der Waals surface area contributed by atoms with Gasteiger partial charge in [0.2, 0.25) is 5.91 Å². The van der Waals surface area contributed by atoms with Gasteiger partial charge < -0.3 is 16.0 Å². The van der Waals surface area contributed by atoms with Crippen molar-refractivity contribution < 1.29 is 4.79 Å². The average Bonchev–Trinajstić information content (AvgIpc) is 3.37. The molecule has 0 radical (unpaired) electrons. The molecule has 1 aliphatic carbocycles. The van der Waals surface area contributed by atoms with Gasteiger partial charge in [0.05, 0.1) is 18.4 Å². The summed E-state index contributed by atoms with van der Waals surface area (Å²) < 4.78 is 0. The maximum atomic E-state index is 12.0. The van der Waals surface area contributed by atoms with E-state index < -0.39 is 0 Å². The molecule has 130 valence electrons. The third-order valence-electron chi connectivity index (χ3n) is 4.61. The van der Waals surface area contributed by atoms with Crippen molar-refractivity contribution >= 4 is 17.6 Å². The van der Waals surface area contributed by atoms with Crippen LogP contribution in [0, 0.1) is 5.92 Å².